The van der Waals surface area contributed by atoms with Crippen LogP contribution in [0.3, 0.4) is 0 Å². The van der Waals surface area contributed by atoms with Crippen molar-refractivity contribution < 1.29 is 5.11 Å². The van der Waals surface area contributed by atoms with E-state index < -0.39 is 5.60 Å². The van der Waals surface area contributed by atoms with Gasteiger partial charge in [0, 0.05) is 49.0 Å². The Hall–Kier alpha value is -3.45. The molecule has 1 fully saturated rings. The molecule has 0 amide bonds. The largest absolute Gasteiger partial charge is 0.371 e. The Morgan fingerprint density at radius 2 is 2.18 bits per heavy atom. The Labute approximate surface area is 196 Å². The number of rotatable bonds is 4. The van der Waals surface area contributed by atoms with Crippen molar-refractivity contribution in [2.75, 3.05) is 29.9 Å². The minimum absolute atomic E-state index is 0.398. The minimum Gasteiger partial charge on any atom is -0.371 e. The Morgan fingerprint density at radius 3 is 3.00 bits per heavy atom. The lowest BCUT2D eigenvalue weighted by molar-refractivity contribution is 0.122. The summed E-state index contributed by atoms with van der Waals surface area (Å²) in [5, 5.41) is 21.1. The second kappa shape index (κ2) is 8.83. The molecule has 4 N–H and O–H groups in total. The molecule has 1 aliphatic heterocycles. The number of benzene rings is 1. The Balaban J connectivity index is 1.53. The topological polar surface area (TPSA) is 102 Å². The van der Waals surface area contributed by atoms with Crippen molar-refractivity contribution >= 4 is 39.6 Å². The highest BCUT2D eigenvalue weighted by Gasteiger charge is 2.23. The van der Waals surface area contributed by atoms with Gasteiger partial charge in [0.05, 0.1) is 16.8 Å². The van der Waals surface area contributed by atoms with Crippen LogP contribution < -0.4 is 15.5 Å². The highest BCUT2D eigenvalue weighted by molar-refractivity contribution is 7.09. The summed E-state index contributed by atoms with van der Waals surface area (Å²) in [6.45, 7) is 6.59. The summed E-state index contributed by atoms with van der Waals surface area (Å²) in [5.74, 6) is 6.83. The molecule has 1 unspecified atom stereocenters. The average molecular weight is 460 g/mol. The van der Waals surface area contributed by atoms with E-state index >= 15 is 0 Å². The van der Waals surface area contributed by atoms with Crippen molar-refractivity contribution in [3.63, 3.8) is 0 Å². The predicted octanol–water partition coefficient (Wildman–Crippen LogP) is 3.22. The van der Waals surface area contributed by atoms with Crippen LogP contribution in [0.4, 0.5) is 17.2 Å². The van der Waals surface area contributed by atoms with Crippen molar-refractivity contribution in [2.24, 2.45) is 0 Å². The zero-order chi connectivity index (χ0) is 22.8. The molecule has 5 rings (SSSR count). The molecular formula is C24H25N7OS. The van der Waals surface area contributed by atoms with Crippen LogP contribution in [0.1, 0.15) is 24.4 Å². The summed E-state index contributed by atoms with van der Waals surface area (Å²) in [7, 11) is 0. The van der Waals surface area contributed by atoms with Crippen molar-refractivity contribution in [2.45, 2.75) is 25.5 Å². The van der Waals surface area contributed by atoms with Gasteiger partial charge in [0.1, 0.15) is 22.8 Å². The molecular weight excluding hydrogens is 434 g/mol. The minimum atomic E-state index is -1.31. The molecule has 0 saturated carbocycles. The first kappa shape index (κ1) is 21.4. The van der Waals surface area contributed by atoms with Gasteiger partial charge in [-0.15, -0.1) is 11.3 Å². The zero-order valence-electron chi connectivity index (χ0n) is 18.5. The van der Waals surface area contributed by atoms with E-state index in [0.29, 0.717) is 11.0 Å². The van der Waals surface area contributed by atoms with Crippen molar-refractivity contribution in [3.8, 4) is 11.8 Å². The van der Waals surface area contributed by atoms with Gasteiger partial charge in [-0.3, -0.25) is 0 Å². The molecule has 4 heterocycles. The number of H-pyrrole nitrogens is 1. The summed E-state index contributed by atoms with van der Waals surface area (Å²) >= 11 is 1.39. The Kier molecular flexibility index (Phi) is 5.72. The van der Waals surface area contributed by atoms with Gasteiger partial charge in [0.15, 0.2) is 5.60 Å². The average Bonchev–Trinajstić information content (AvgIpc) is 3.51. The highest BCUT2D eigenvalue weighted by Crippen LogP contribution is 2.32. The maximum atomic E-state index is 10.7. The third-order valence-corrected chi connectivity index (χ3v) is 6.60. The monoisotopic (exact) mass is 459 g/mol. The molecule has 0 spiro atoms. The standard InChI is InChI=1S/C24H25N7OS/c1-16-14-31(11-9-25-16)20-4-3-17(5-7-24(2,32)23-27-10-12-33-23)13-19(20)30-22-18-6-8-26-21(18)28-15-29-22/h3-4,6,8,10,12-13,15-16,25,32H,9,11,14H2,1-2H3,(H2,26,28,29,30)/t16?,24-/m0/s1. The molecule has 2 atom stereocenters. The number of thiazole rings is 1. The number of nitrogens with zero attached hydrogens (tertiary/aromatic N) is 4. The number of hydrogen-bond acceptors (Lipinski definition) is 8. The third-order valence-electron chi connectivity index (χ3n) is 5.61. The molecule has 0 aliphatic carbocycles. The lowest BCUT2D eigenvalue weighted by atomic mass is 10.1. The molecule has 4 aromatic rings. The fourth-order valence-electron chi connectivity index (χ4n) is 3.95. The van der Waals surface area contributed by atoms with E-state index in [1.165, 1.54) is 11.3 Å². The second-order valence-electron chi connectivity index (χ2n) is 8.28. The van der Waals surface area contributed by atoms with Crippen molar-refractivity contribution in [3.05, 3.63) is 58.9 Å². The van der Waals surface area contributed by atoms with E-state index in [-0.39, 0.29) is 0 Å². The van der Waals surface area contributed by atoms with Crippen LogP contribution in [0.15, 0.2) is 48.4 Å². The van der Waals surface area contributed by atoms with Crippen LogP contribution in [-0.2, 0) is 5.60 Å². The molecule has 9 heteroatoms. The van der Waals surface area contributed by atoms with Gasteiger partial charge in [0.2, 0.25) is 0 Å². The number of anilines is 3. The van der Waals surface area contributed by atoms with Crippen LogP contribution in [0.25, 0.3) is 11.0 Å². The Morgan fingerprint density at radius 1 is 1.27 bits per heavy atom. The van der Waals surface area contributed by atoms with Crippen LogP contribution >= 0.6 is 11.3 Å². The number of aromatic nitrogens is 4. The lowest BCUT2D eigenvalue weighted by Gasteiger charge is -2.35. The first-order valence-corrected chi connectivity index (χ1v) is 11.7. The molecule has 168 valence electrons. The zero-order valence-corrected chi connectivity index (χ0v) is 19.3. The maximum Gasteiger partial charge on any atom is 0.174 e. The lowest BCUT2D eigenvalue weighted by Crippen LogP contribution is -2.49. The summed E-state index contributed by atoms with van der Waals surface area (Å²) < 4.78 is 0. The van der Waals surface area contributed by atoms with E-state index in [9.17, 15) is 5.11 Å². The molecule has 1 aliphatic rings. The molecule has 0 bridgehead atoms. The van der Waals surface area contributed by atoms with E-state index in [0.717, 1.165) is 53.4 Å². The Bertz CT molecular complexity index is 1320. The van der Waals surface area contributed by atoms with Crippen LogP contribution in [0, 0.1) is 11.8 Å². The number of fused-ring (bicyclic) bond motifs is 1. The highest BCUT2D eigenvalue weighted by atomic mass is 32.1. The summed E-state index contributed by atoms with van der Waals surface area (Å²) in [4.78, 5) is 18.4. The maximum absolute atomic E-state index is 10.7. The van der Waals surface area contributed by atoms with E-state index in [1.807, 2.05) is 29.8 Å². The third kappa shape index (κ3) is 4.54. The first-order chi connectivity index (χ1) is 16.0. The number of piperazine rings is 1. The van der Waals surface area contributed by atoms with E-state index in [2.05, 4.69) is 60.3 Å². The molecule has 33 heavy (non-hydrogen) atoms. The van der Waals surface area contributed by atoms with Crippen LogP contribution in [-0.4, -0.2) is 50.7 Å². The molecule has 3 aromatic heterocycles. The molecule has 1 aromatic carbocycles. The quantitative estimate of drug-likeness (QED) is 0.348. The van der Waals surface area contributed by atoms with E-state index in [4.69, 9.17) is 0 Å². The normalized spacial score (nSPS) is 17.9. The summed E-state index contributed by atoms with van der Waals surface area (Å²) in [5.41, 5.74) is 2.26. The molecule has 8 nitrogen and oxygen atoms in total. The smallest absolute Gasteiger partial charge is 0.174 e. The van der Waals surface area contributed by atoms with Crippen LogP contribution in [0.5, 0.6) is 0 Å². The molecule has 0 radical (unpaired) electrons. The fourth-order valence-corrected chi connectivity index (χ4v) is 4.60. The first-order valence-electron chi connectivity index (χ1n) is 10.8. The van der Waals surface area contributed by atoms with E-state index in [1.54, 1.807) is 19.4 Å². The van der Waals surface area contributed by atoms with Crippen LogP contribution in [0.2, 0.25) is 0 Å². The van der Waals surface area contributed by atoms with Gasteiger partial charge >= 0.3 is 0 Å². The number of nitrogens with one attached hydrogen (secondary N) is 3. The predicted molar refractivity (Wildman–Crippen MR) is 132 cm³/mol. The van der Waals surface area contributed by atoms with Gasteiger partial charge < -0.3 is 25.6 Å². The summed E-state index contributed by atoms with van der Waals surface area (Å²) in [6, 6.07) is 8.43. The van der Waals surface area contributed by atoms with Gasteiger partial charge in [-0.25, -0.2) is 15.0 Å². The van der Waals surface area contributed by atoms with Gasteiger partial charge in [0.25, 0.3) is 0 Å². The van der Waals surface area contributed by atoms with Crippen molar-refractivity contribution in [1.82, 2.24) is 25.3 Å². The van der Waals surface area contributed by atoms with Gasteiger partial charge in [-0.2, -0.15) is 0 Å². The number of hydrogen-bond donors (Lipinski definition) is 4. The molecule has 1 saturated heterocycles. The second-order valence-corrected chi connectivity index (χ2v) is 9.17. The SMILES string of the molecule is CC1CN(c2ccc(C#C[C@](C)(O)c3nccs3)cc2Nc2ncnc3[nH]ccc23)CCN1. The fraction of sp³-hybridized carbons (Fsp3) is 0.292. The van der Waals surface area contributed by atoms with Crippen molar-refractivity contribution in [1.29, 1.82) is 0 Å². The van der Waals surface area contributed by atoms with Gasteiger partial charge in [-0.1, -0.05) is 11.8 Å². The van der Waals surface area contributed by atoms with Gasteiger partial charge in [-0.05, 0) is 38.1 Å². The summed E-state index contributed by atoms with van der Waals surface area (Å²) in [6.07, 6.45) is 5.07. The number of aliphatic hydroxyl groups is 1. The number of aromatic amines is 1.